The highest BCUT2D eigenvalue weighted by molar-refractivity contribution is 5.92. The minimum Gasteiger partial charge on any atom is -0.445 e. The maximum Gasteiger partial charge on any atom is 0.408 e. The Hall–Kier alpha value is -2.90. The number of carbonyl (C=O) groups is 4. The monoisotopic (exact) mass is 489 g/mol. The lowest BCUT2D eigenvalue weighted by molar-refractivity contribution is -0.131. The zero-order valence-electron chi connectivity index (χ0n) is 22.2. The number of carbonyl (C=O) groups excluding carboxylic acids is 4. The summed E-state index contributed by atoms with van der Waals surface area (Å²) in [5.74, 6) is -0.641. The zero-order chi connectivity index (χ0) is 26.6. The summed E-state index contributed by atoms with van der Waals surface area (Å²) in [5, 5.41) is 8.19. The normalized spacial score (nSPS) is 14.1. The fourth-order valence-electron chi connectivity index (χ4n) is 3.66. The summed E-state index contributed by atoms with van der Waals surface area (Å²) >= 11 is 0. The van der Waals surface area contributed by atoms with E-state index >= 15 is 0 Å². The maximum absolute atomic E-state index is 13.1. The molecular formula is C27H43N3O5. The summed E-state index contributed by atoms with van der Waals surface area (Å²) in [5.41, 5.74) is 0.684. The molecule has 0 fully saturated rings. The van der Waals surface area contributed by atoms with Crippen LogP contribution < -0.4 is 16.0 Å². The molecule has 0 bridgehead atoms. The number of benzene rings is 1. The van der Waals surface area contributed by atoms with Gasteiger partial charge in [-0.05, 0) is 42.1 Å². The van der Waals surface area contributed by atoms with Crippen molar-refractivity contribution >= 4 is 24.2 Å². The Morgan fingerprint density at radius 2 is 1.37 bits per heavy atom. The zero-order valence-corrected chi connectivity index (χ0v) is 22.2. The van der Waals surface area contributed by atoms with E-state index in [-0.39, 0.29) is 23.9 Å². The molecule has 8 heteroatoms. The Bertz CT molecular complexity index is 818. The maximum atomic E-state index is 13.1. The fraction of sp³-hybridized carbons (Fsp3) is 0.630. The first-order valence-electron chi connectivity index (χ1n) is 12.3. The van der Waals surface area contributed by atoms with Crippen molar-refractivity contribution in [2.75, 3.05) is 0 Å². The molecule has 0 aliphatic carbocycles. The molecular weight excluding hydrogens is 446 g/mol. The second-order valence-corrected chi connectivity index (χ2v) is 11.1. The highest BCUT2D eigenvalue weighted by Gasteiger charge is 2.30. The predicted molar refractivity (Wildman–Crippen MR) is 136 cm³/mol. The number of amides is 3. The summed E-state index contributed by atoms with van der Waals surface area (Å²) < 4.78 is 5.27. The van der Waals surface area contributed by atoms with E-state index in [0.29, 0.717) is 19.3 Å². The highest BCUT2D eigenvalue weighted by Crippen LogP contribution is 2.20. The SMILES string of the molecule is CC(C)CC(NC(=O)OCc1ccccc1)C(=O)NC(CC(C)C)C(=O)N[C@H](C=O)CC(C)(C)C. The van der Waals surface area contributed by atoms with Gasteiger partial charge in [0.1, 0.15) is 25.0 Å². The van der Waals surface area contributed by atoms with E-state index in [9.17, 15) is 19.2 Å². The molecule has 3 N–H and O–H groups in total. The van der Waals surface area contributed by atoms with Crippen molar-refractivity contribution in [3.8, 4) is 0 Å². The van der Waals surface area contributed by atoms with E-state index in [1.165, 1.54) is 0 Å². The van der Waals surface area contributed by atoms with Crippen molar-refractivity contribution in [3.05, 3.63) is 35.9 Å². The average molecular weight is 490 g/mol. The number of hydrogen-bond donors (Lipinski definition) is 3. The lowest BCUT2D eigenvalue weighted by atomic mass is 9.88. The van der Waals surface area contributed by atoms with Gasteiger partial charge in [0.25, 0.3) is 0 Å². The van der Waals surface area contributed by atoms with Crippen molar-refractivity contribution in [2.24, 2.45) is 17.3 Å². The predicted octanol–water partition coefficient (Wildman–Crippen LogP) is 3.98. The molecule has 0 saturated carbocycles. The number of aldehydes is 1. The van der Waals surface area contributed by atoms with Gasteiger partial charge in [-0.15, -0.1) is 0 Å². The van der Waals surface area contributed by atoms with Crippen LogP contribution in [-0.4, -0.2) is 42.3 Å². The summed E-state index contributed by atoms with van der Waals surface area (Å²) in [6.45, 7) is 13.8. The van der Waals surface area contributed by atoms with Gasteiger partial charge in [-0.1, -0.05) is 78.8 Å². The molecule has 1 rings (SSSR count). The van der Waals surface area contributed by atoms with Crippen LogP contribution >= 0.6 is 0 Å². The van der Waals surface area contributed by atoms with Crippen molar-refractivity contribution in [3.63, 3.8) is 0 Å². The number of hydrogen-bond acceptors (Lipinski definition) is 5. The number of ether oxygens (including phenoxy) is 1. The number of alkyl carbamates (subject to hydrolysis) is 1. The van der Waals surface area contributed by atoms with Gasteiger partial charge in [0, 0.05) is 0 Å². The van der Waals surface area contributed by atoms with Crippen LogP contribution in [0.5, 0.6) is 0 Å². The number of nitrogens with one attached hydrogen (secondary N) is 3. The van der Waals surface area contributed by atoms with Gasteiger partial charge in [0.2, 0.25) is 11.8 Å². The molecule has 196 valence electrons. The van der Waals surface area contributed by atoms with E-state index in [2.05, 4.69) is 16.0 Å². The van der Waals surface area contributed by atoms with Gasteiger partial charge in [-0.25, -0.2) is 4.79 Å². The van der Waals surface area contributed by atoms with E-state index < -0.39 is 36.0 Å². The van der Waals surface area contributed by atoms with E-state index in [1.54, 1.807) is 0 Å². The van der Waals surface area contributed by atoms with Gasteiger partial charge in [0.15, 0.2) is 0 Å². The fourth-order valence-corrected chi connectivity index (χ4v) is 3.66. The van der Waals surface area contributed by atoms with Crippen LogP contribution in [0.1, 0.15) is 73.3 Å². The van der Waals surface area contributed by atoms with Gasteiger partial charge in [-0.2, -0.15) is 0 Å². The third-order valence-electron chi connectivity index (χ3n) is 5.19. The van der Waals surface area contributed by atoms with Crippen molar-refractivity contribution in [1.82, 2.24) is 16.0 Å². The lowest BCUT2D eigenvalue weighted by Gasteiger charge is -2.27. The first-order chi connectivity index (χ1) is 16.3. The quantitative estimate of drug-likeness (QED) is 0.363. The Kier molecular flexibility index (Phi) is 12.5. The van der Waals surface area contributed by atoms with Crippen molar-refractivity contribution in [1.29, 1.82) is 0 Å². The Morgan fingerprint density at radius 3 is 1.86 bits per heavy atom. The molecule has 0 aromatic heterocycles. The third kappa shape index (κ3) is 12.9. The Morgan fingerprint density at radius 1 is 0.857 bits per heavy atom. The van der Waals surface area contributed by atoms with Gasteiger partial charge < -0.3 is 25.5 Å². The first-order valence-corrected chi connectivity index (χ1v) is 12.3. The second-order valence-electron chi connectivity index (χ2n) is 11.1. The summed E-state index contributed by atoms with van der Waals surface area (Å²) in [6, 6.07) is 6.91. The van der Waals surface area contributed by atoms with Gasteiger partial charge >= 0.3 is 6.09 Å². The Balaban J connectivity index is 2.87. The molecule has 0 aliphatic heterocycles. The third-order valence-corrected chi connectivity index (χ3v) is 5.19. The molecule has 0 saturated heterocycles. The number of rotatable bonds is 13. The summed E-state index contributed by atoms with van der Waals surface area (Å²) in [7, 11) is 0. The second kappa shape index (κ2) is 14.5. The van der Waals surface area contributed by atoms with Crippen LogP contribution in [0.15, 0.2) is 30.3 Å². The molecule has 0 spiro atoms. The topological polar surface area (TPSA) is 114 Å². The smallest absolute Gasteiger partial charge is 0.408 e. The molecule has 3 amide bonds. The van der Waals surface area contributed by atoms with E-state index in [1.807, 2.05) is 78.8 Å². The molecule has 2 unspecified atom stereocenters. The molecule has 8 nitrogen and oxygen atoms in total. The molecule has 3 atom stereocenters. The summed E-state index contributed by atoms with van der Waals surface area (Å²) in [6.07, 6.45) is 1.28. The standard InChI is InChI=1S/C27H43N3O5/c1-18(2)13-22(24(32)28-21(16-31)15-27(5,6)7)29-25(33)23(14-19(3)4)30-26(34)35-17-20-11-9-8-10-12-20/h8-12,16,18-19,21-23H,13-15,17H2,1-7H3,(H,28,32)(H,29,33)(H,30,34)/t21-,22?,23?/m0/s1. The molecule has 1 aromatic rings. The van der Waals surface area contributed by atoms with Crippen LogP contribution in [0.3, 0.4) is 0 Å². The molecule has 35 heavy (non-hydrogen) atoms. The molecule has 1 aromatic carbocycles. The Labute approximate surface area is 210 Å². The highest BCUT2D eigenvalue weighted by atomic mass is 16.5. The minimum atomic E-state index is -0.864. The largest absolute Gasteiger partial charge is 0.445 e. The van der Waals surface area contributed by atoms with Crippen LogP contribution in [0.4, 0.5) is 4.79 Å². The first kappa shape index (κ1) is 30.1. The minimum absolute atomic E-state index is 0.0852. The van der Waals surface area contributed by atoms with Gasteiger partial charge in [0.05, 0.1) is 6.04 Å². The van der Waals surface area contributed by atoms with E-state index in [4.69, 9.17) is 4.74 Å². The lowest BCUT2D eigenvalue weighted by Crippen LogP contribution is -2.56. The van der Waals surface area contributed by atoms with Crippen LogP contribution in [0.25, 0.3) is 0 Å². The molecule has 0 radical (unpaired) electrons. The molecule has 0 aliphatic rings. The average Bonchev–Trinajstić information content (AvgIpc) is 2.75. The van der Waals surface area contributed by atoms with Crippen molar-refractivity contribution < 1.29 is 23.9 Å². The van der Waals surface area contributed by atoms with Crippen LogP contribution in [-0.2, 0) is 25.7 Å². The van der Waals surface area contributed by atoms with Crippen molar-refractivity contribution in [2.45, 2.75) is 92.5 Å². The van der Waals surface area contributed by atoms with Crippen LogP contribution in [0, 0.1) is 17.3 Å². The molecule has 0 heterocycles. The van der Waals surface area contributed by atoms with Crippen LogP contribution in [0.2, 0.25) is 0 Å². The summed E-state index contributed by atoms with van der Waals surface area (Å²) in [4.78, 5) is 50.1. The van der Waals surface area contributed by atoms with E-state index in [0.717, 1.165) is 11.8 Å². The van der Waals surface area contributed by atoms with Gasteiger partial charge in [-0.3, -0.25) is 9.59 Å².